The summed E-state index contributed by atoms with van der Waals surface area (Å²) in [6, 6.07) is 0. The fourth-order valence-corrected chi connectivity index (χ4v) is 0.677. The number of allylic oxidation sites excluding steroid dienone is 1. The molecule has 0 amide bonds. The Morgan fingerprint density at radius 3 is 2.57 bits per heavy atom. The molecule has 0 radical (unpaired) electrons. The molecule has 2 nitrogen and oxygen atoms in total. The maximum Gasteiger partial charge on any atom is 0.189 e. The standard InChI is InChI=1S/C4H9O2P/c1-2-3-4-7(5)6/h2,7H,1,3-4H2,(H,5,6). The number of hydrogen-bond acceptors (Lipinski definition) is 1. The van der Waals surface area contributed by atoms with Crippen molar-refractivity contribution in [2.45, 2.75) is 6.42 Å². The normalized spacial score (nSPS) is 13.3. The third kappa shape index (κ3) is 5.93. The highest BCUT2D eigenvalue weighted by Crippen LogP contribution is 2.12. The molecule has 0 rings (SSSR count). The molecule has 0 spiro atoms. The maximum absolute atomic E-state index is 9.90. The first-order valence-corrected chi connectivity index (χ1v) is 3.66. The Morgan fingerprint density at radius 2 is 2.43 bits per heavy atom. The molecule has 0 saturated heterocycles. The van der Waals surface area contributed by atoms with Crippen LogP contribution >= 0.6 is 8.03 Å². The summed E-state index contributed by atoms with van der Waals surface area (Å²) >= 11 is 0. The second-order valence-electron chi connectivity index (χ2n) is 1.22. The molecule has 0 aromatic carbocycles. The topological polar surface area (TPSA) is 37.3 Å². The van der Waals surface area contributed by atoms with Crippen molar-refractivity contribution < 1.29 is 9.46 Å². The Kier molecular flexibility index (Phi) is 4.06. The van der Waals surface area contributed by atoms with Crippen LogP contribution in [0.25, 0.3) is 0 Å². The van der Waals surface area contributed by atoms with Crippen molar-refractivity contribution in [3.8, 4) is 0 Å². The molecule has 0 heterocycles. The van der Waals surface area contributed by atoms with Gasteiger partial charge in [0, 0.05) is 6.16 Å². The van der Waals surface area contributed by atoms with Gasteiger partial charge in [0.1, 0.15) is 0 Å². The average molecular weight is 120 g/mol. The molecule has 1 atom stereocenters. The smallest absolute Gasteiger partial charge is 0.189 e. The van der Waals surface area contributed by atoms with Gasteiger partial charge in [0.15, 0.2) is 8.03 Å². The van der Waals surface area contributed by atoms with Gasteiger partial charge in [-0.2, -0.15) is 0 Å². The van der Waals surface area contributed by atoms with E-state index in [0.29, 0.717) is 12.6 Å². The Labute approximate surface area is 43.7 Å². The van der Waals surface area contributed by atoms with E-state index in [-0.39, 0.29) is 0 Å². The molecule has 0 saturated carbocycles. The number of hydrogen-bond donors (Lipinski definition) is 1. The van der Waals surface area contributed by atoms with Crippen molar-refractivity contribution in [3.05, 3.63) is 12.7 Å². The van der Waals surface area contributed by atoms with E-state index in [1.165, 1.54) is 0 Å². The van der Waals surface area contributed by atoms with Crippen LogP contribution in [0.1, 0.15) is 6.42 Å². The Morgan fingerprint density at radius 1 is 1.86 bits per heavy atom. The zero-order chi connectivity index (χ0) is 5.70. The van der Waals surface area contributed by atoms with E-state index in [1.54, 1.807) is 6.08 Å². The van der Waals surface area contributed by atoms with Crippen molar-refractivity contribution in [2.75, 3.05) is 6.16 Å². The molecular weight excluding hydrogens is 111 g/mol. The van der Waals surface area contributed by atoms with Gasteiger partial charge in [0.2, 0.25) is 0 Å². The molecule has 0 bridgehead atoms. The summed E-state index contributed by atoms with van der Waals surface area (Å²) in [5, 5.41) is 0. The monoisotopic (exact) mass is 120 g/mol. The fraction of sp³-hybridized carbons (Fsp3) is 0.500. The van der Waals surface area contributed by atoms with Gasteiger partial charge >= 0.3 is 0 Å². The zero-order valence-corrected chi connectivity index (χ0v) is 5.05. The molecule has 1 N–H and O–H groups in total. The van der Waals surface area contributed by atoms with Gasteiger partial charge in [-0.1, -0.05) is 6.08 Å². The van der Waals surface area contributed by atoms with Crippen molar-refractivity contribution in [1.29, 1.82) is 0 Å². The van der Waals surface area contributed by atoms with Crippen LogP contribution < -0.4 is 0 Å². The average Bonchev–Trinajstić information content (AvgIpc) is 1.61. The van der Waals surface area contributed by atoms with E-state index in [0.717, 1.165) is 0 Å². The van der Waals surface area contributed by atoms with E-state index < -0.39 is 8.03 Å². The van der Waals surface area contributed by atoms with E-state index in [4.69, 9.17) is 4.89 Å². The lowest BCUT2D eigenvalue weighted by Gasteiger charge is -1.84. The minimum atomic E-state index is -2.22. The largest absolute Gasteiger partial charge is 0.346 e. The van der Waals surface area contributed by atoms with Crippen molar-refractivity contribution in [3.63, 3.8) is 0 Å². The van der Waals surface area contributed by atoms with Crippen LogP contribution in [-0.2, 0) is 4.57 Å². The Bertz CT molecular complexity index is 79.8. The molecule has 0 aliphatic heterocycles. The van der Waals surface area contributed by atoms with Crippen molar-refractivity contribution >= 4 is 8.03 Å². The molecule has 42 valence electrons. The van der Waals surface area contributed by atoms with Gasteiger partial charge < -0.3 is 4.89 Å². The van der Waals surface area contributed by atoms with Gasteiger partial charge in [-0.3, -0.25) is 4.57 Å². The molecule has 0 aromatic rings. The summed E-state index contributed by atoms with van der Waals surface area (Å²) in [6.45, 7) is 3.40. The SMILES string of the molecule is C=CCC[PH](=O)O. The van der Waals surface area contributed by atoms with Gasteiger partial charge in [-0.05, 0) is 6.42 Å². The van der Waals surface area contributed by atoms with Crippen LogP contribution in [0.15, 0.2) is 12.7 Å². The molecule has 3 heteroatoms. The summed E-state index contributed by atoms with van der Waals surface area (Å²) in [5.41, 5.74) is 0. The lowest BCUT2D eigenvalue weighted by molar-refractivity contribution is 0.503. The molecule has 7 heavy (non-hydrogen) atoms. The second-order valence-corrected chi connectivity index (χ2v) is 2.51. The molecule has 0 aliphatic carbocycles. The minimum absolute atomic E-state index is 0.383. The number of rotatable bonds is 3. The van der Waals surface area contributed by atoms with Gasteiger partial charge in [-0.15, -0.1) is 6.58 Å². The highest BCUT2D eigenvalue weighted by atomic mass is 31.1. The Balaban J connectivity index is 2.97. The first kappa shape index (κ1) is 6.93. The van der Waals surface area contributed by atoms with Crippen molar-refractivity contribution in [2.24, 2.45) is 0 Å². The lowest BCUT2D eigenvalue weighted by Crippen LogP contribution is -1.69. The summed E-state index contributed by atoms with van der Waals surface area (Å²) in [4.78, 5) is 8.18. The summed E-state index contributed by atoms with van der Waals surface area (Å²) in [5.74, 6) is 0. The van der Waals surface area contributed by atoms with Gasteiger partial charge in [0.25, 0.3) is 0 Å². The quantitative estimate of drug-likeness (QED) is 0.446. The Hall–Kier alpha value is -0.0700. The second kappa shape index (κ2) is 4.10. The molecule has 0 aromatic heterocycles. The highest BCUT2D eigenvalue weighted by molar-refractivity contribution is 7.37. The van der Waals surface area contributed by atoms with E-state index in [2.05, 4.69) is 6.58 Å². The van der Waals surface area contributed by atoms with Gasteiger partial charge in [0.05, 0.1) is 0 Å². The predicted molar refractivity (Wildman–Crippen MR) is 30.9 cm³/mol. The minimum Gasteiger partial charge on any atom is -0.346 e. The summed E-state index contributed by atoms with van der Waals surface area (Å²) in [6.07, 6.45) is 2.67. The molecule has 0 fully saturated rings. The predicted octanol–water partition coefficient (Wildman–Crippen LogP) is 1.03. The van der Waals surface area contributed by atoms with Crippen LogP contribution in [0.4, 0.5) is 0 Å². The first-order valence-electron chi connectivity index (χ1n) is 2.10. The maximum atomic E-state index is 9.90. The van der Waals surface area contributed by atoms with Crippen LogP contribution in [0.2, 0.25) is 0 Å². The summed E-state index contributed by atoms with van der Waals surface area (Å²) in [7, 11) is -2.22. The molecular formula is C4H9O2P. The van der Waals surface area contributed by atoms with Crippen LogP contribution in [0.3, 0.4) is 0 Å². The highest BCUT2D eigenvalue weighted by Gasteiger charge is 1.85. The molecule has 1 unspecified atom stereocenters. The van der Waals surface area contributed by atoms with Crippen LogP contribution in [0.5, 0.6) is 0 Å². The lowest BCUT2D eigenvalue weighted by atomic mass is 10.5. The zero-order valence-electron chi connectivity index (χ0n) is 4.05. The third-order valence-electron chi connectivity index (χ3n) is 0.562. The fourth-order valence-electron chi connectivity index (χ4n) is 0.226. The van der Waals surface area contributed by atoms with Crippen LogP contribution in [0, 0.1) is 0 Å². The van der Waals surface area contributed by atoms with Crippen LogP contribution in [-0.4, -0.2) is 11.1 Å². The van der Waals surface area contributed by atoms with E-state index in [1.807, 2.05) is 0 Å². The first-order chi connectivity index (χ1) is 3.27. The molecule has 0 aliphatic rings. The van der Waals surface area contributed by atoms with Crippen molar-refractivity contribution in [1.82, 2.24) is 0 Å². The van der Waals surface area contributed by atoms with Gasteiger partial charge in [-0.25, -0.2) is 0 Å². The van der Waals surface area contributed by atoms with E-state index in [9.17, 15) is 4.57 Å². The third-order valence-corrected chi connectivity index (χ3v) is 1.28. The van der Waals surface area contributed by atoms with E-state index >= 15 is 0 Å². The summed E-state index contributed by atoms with van der Waals surface area (Å²) < 4.78 is 9.90.